The van der Waals surface area contributed by atoms with Crippen molar-refractivity contribution in [2.24, 2.45) is 10.9 Å². The number of hydrogen-bond acceptors (Lipinski definition) is 4. The fourth-order valence-corrected chi connectivity index (χ4v) is 2.74. The van der Waals surface area contributed by atoms with Crippen molar-refractivity contribution in [1.82, 2.24) is 10.6 Å². The first kappa shape index (κ1) is 21.5. The zero-order chi connectivity index (χ0) is 19.3. The Bertz CT molecular complexity index is 540. The Morgan fingerprint density at radius 3 is 2.74 bits per heavy atom. The molecule has 1 heterocycles. The maximum Gasteiger partial charge on any atom is 0.191 e. The Balaban J connectivity index is 1.56. The molecule has 2 rings (SSSR count). The second-order valence-electron chi connectivity index (χ2n) is 7.26. The summed E-state index contributed by atoms with van der Waals surface area (Å²) in [5.74, 6) is 2.24. The van der Waals surface area contributed by atoms with Gasteiger partial charge >= 0.3 is 0 Å². The summed E-state index contributed by atoms with van der Waals surface area (Å²) in [5, 5.41) is 6.64. The molecule has 1 aromatic rings. The lowest BCUT2D eigenvalue weighted by Crippen LogP contribution is -2.37. The number of nitrogens with one attached hydrogen (secondary N) is 2. The second kappa shape index (κ2) is 12.6. The molecule has 2 N–H and O–H groups in total. The monoisotopic (exact) mass is 377 g/mol. The molecule has 0 amide bonds. The van der Waals surface area contributed by atoms with E-state index in [1.807, 2.05) is 12.1 Å². The Morgan fingerprint density at radius 2 is 2.07 bits per heavy atom. The van der Waals surface area contributed by atoms with E-state index in [0.717, 1.165) is 63.9 Å². The molecular weight excluding hydrogens is 342 g/mol. The van der Waals surface area contributed by atoms with Crippen molar-refractivity contribution >= 4 is 5.96 Å². The van der Waals surface area contributed by atoms with Crippen molar-refractivity contribution in [3.05, 3.63) is 29.8 Å². The Labute approximate surface area is 163 Å². The topological polar surface area (TPSA) is 64.1 Å². The van der Waals surface area contributed by atoms with Gasteiger partial charge in [-0.3, -0.25) is 4.99 Å². The van der Waals surface area contributed by atoms with Crippen LogP contribution in [0.3, 0.4) is 0 Å². The largest absolute Gasteiger partial charge is 0.493 e. The molecule has 1 atom stereocenters. The van der Waals surface area contributed by atoms with E-state index < -0.39 is 0 Å². The van der Waals surface area contributed by atoms with Crippen molar-refractivity contribution in [3.8, 4) is 5.75 Å². The second-order valence-corrected chi connectivity index (χ2v) is 7.26. The molecule has 1 aliphatic rings. The van der Waals surface area contributed by atoms with Gasteiger partial charge in [-0.1, -0.05) is 26.0 Å². The van der Waals surface area contributed by atoms with Crippen LogP contribution in [0.4, 0.5) is 0 Å². The number of ether oxygens (including phenoxy) is 3. The summed E-state index contributed by atoms with van der Waals surface area (Å²) in [5.41, 5.74) is 1.19. The third kappa shape index (κ3) is 9.11. The molecule has 27 heavy (non-hydrogen) atoms. The van der Waals surface area contributed by atoms with Crippen LogP contribution in [-0.4, -0.2) is 52.1 Å². The third-order valence-electron chi connectivity index (χ3n) is 4.28. The van der Waals surface area contributed by atoms with Crippen molar-refractivity contribution in [1.29, 1.82) is 0 Å². The molecule has 6 nitrogen and oxygen atoms in total. The van der Waals surface area contributed by atoms with E-state index in [4.69, 9.17) is 14.2 Å². The number of guanidine groups is 1. The molecule has 0 aromatic heterocycles. The molecule has 0 saturated carbocycles. The molecule has 0 aliphatic carbocycles. The molecule has 6 heteroatoms. The summed E-state index contributed by atoms with van der Waals surface area (Å²) in [7, 11) is 1.78. The average Bonchev–Trinajstić information content (AvgIpc) is 3.19. The van der Waals surface area contributed by atoms with Crippen molar-refractivity contribution < 1.29 is 14.2 Å². The van der Waals surface area contributed by atoms with Gasteiger partial charge in [-0.2, -0.15) is 0 Å². The lowest BCUT2D eigenvalue weighted by Gasteiger charge is -2.13. The molecule has 1 aromatic carbocycles. The van der Waals surface area contributed by atoms with E-state index in [1.165, 1.54) is 5.56 Å². The van der Waals surface area contributed by atoms with Crippen LogP contribution in [0.25, 0.3) is 0 Å². The van der Waals surface area contributed by atoms with Gasteiger partial charge in [0.1, 0.15) is 5.75 Å². The van der Waals surface area contributed by atoms with E-state index in [2.05, 4.69) is 41.6 Å². The van der Waals surface area contributed by atoms with E-state index in [1.54, 1.807) is 7.05 Å². The summed E-state index contributed by atoms with van der Waals surface area (Å²) in [6.45, 7) is 8.91. The Morgan fingerprint density at radius 1 is 1.26 bits per heavy atom. The zero-order valence-electron chi connectivity index (χ0n) is 17.0. The van der Waals surface area contributed by atoms with Crippen LogP contribution in [0, 0.1) is 5.92 Å². The predicted octanol–water partition coefficient (Wildman–Crippen LogP) is 2.97. The van der Waals surface area contributed by atoms with Crippen LogP contribution in [0.1, 0.15) is 38.7 Å². The first-order chi connectivity index (χ1) is 13.2. The number of nitrogens with zero attached hydrogens (tertiary/aromatic N) is 1. The van der Waals surface area contributed by atoms with Crippen LogP contribution in [0.15, 0.2) is 29.3 Å². The van der Waals surface area contributed by atoms with Crippen LogP contribution in [0.2, 0.25) is 0 Å². The van der Waals surface area contributed by atoms with Gasteiger partial charge in [0.15, 0.2) is 5.96 Å². The number of benzene rings is 1. The SMILES string of the molecule is CN=C(NCCCOCC1CCCO1)NCc1ccc(OCC(C)C)cc1. The molecular formula is C21H35N3O3. The average molecular weight is 378 g/mol. The van der Waals surface area contributed by atoms with Crippen LogP contribution in [0.5, 0.6) is 5.75 Å². The summed E-state index contributed by atoms with van der Waals surface area (Å²) in [4.78, 5) is 4.26. The number of hydrogen-bond donors (Lipinski definition) is 2. The zero-order valence-corrected chi connectivity index (χ0v) is 17.0. The van der Waals surface area contributed by atoms with Crippen molar-refractivity contribution in [2.75, 3.05) is 40.0 Å². The van der Waals surface area contributed by atoms with Crippen LogP contribution < -0.4 is 15.4 Å². The molecule has 0 radical (unpaired) electrons. The van der Waals surface area contributed by atoms with Crippen LogP contribution >= 0.6 is 0 Å². The van der Waals surface area contributed by atoms with Gasteiger partial charge in [0, 0.05) is 33.4 Å². The van der Waals surface area contributed by atoms with Crippen LogP contribution in [-0.2, 0) is 16.0 Å². The molecule has 1 fully saturated rings. The first-order valence-electron chi connectivity index (χ1n) is 10.0. The molecule has 1 aliphatic heterocycles. The summed E-state index contributed by atoms with van der Waals surface area (Å²) in [6.07, 6.45) is 3.52. The normalized spacial score (nSPS) is 17.3. The Kier molecular flexibility index (Phi) is 10.0. The van der Waals surface area contributed by atoms with Gasteiger partial charge < -0.3 is 24.8 Å². The summed E-state index contributed by atoms with van der Waals surface area (Å²) < 4.78 is 16.9. The maximum absolute atomic E-state index is 5.71. The number of rotatable bonds is 11. The Hall–Kier alpha value is -1.79. The fourth-order valence-electron chi connectivity index (χ4n) is 2.74. The highest BCUT2D eigenvalue weighted by Gasteiger charge is 2.14. The lowest BCUT2D eigenvalue weighted by atomic mass is 10.2. The van der Waals surface area contributed by atoms with Crippen molar-refractivity contribution in [2.45, 2.75) is 45.8 Å². The van der Waals surface area contributed by atoms with Gasteiger partial charge in [-0.15, -0.1) is 0 Å². The number of aliphatic imine (C=N–C) groups is 1. The third-order valence-corrected chi connectivity index (χ3v) is 4.28. The molecule has 152 valence electrons. The standard InChI is InChI=1S/C21H35N3O3/c1-17(2)15-27-19-9-7-18(8-10-19)14-24-21(22-3)23-11-5-12-25-16-20-6-4-13-26-20/h7-10,17,20H,4-6,11-16H2,1-3H3,(H2,22,23,24). The van der Waals surface area contributed by atoms with Gasteiger partial charge in [-0.25, -0.2) is 0 Å². The minimum atomic E-state index is 0.301. The fraction of sp³-hybridized carbons (Fsp3) is 0.667. The highest BCUT2D eigenvalue weighted by molar-refractivity contribution is 5.79. The van der Waals surface area contributed by atoms with Gasteiger partial charge in [0.2, 0.25) is 0 Å². The van der Waals surface area contributed by atoms with E-state index in [0.29, 0.717) is 18.6 Å². The molecule has 1 saturated heterocycles. The van der Waals surface area contributed by atoms with Gasteiger partial charge in [0.25, 0.3) is 0 Å². The maximum atomic E-state index is 5.71. The first-order valence-corrected chi connectivity index (χ1v) is 10.0. The highest BCUT2D eigenvalue weighted by Crippen LogP contribution is 2.13. The minimum absolute atomic E-state index is 0.301. The van der Waals surface area contributed by atoms with Gasteiger partial charge in [0.05, 0.1) is 19.3 Å². The summed E-state index contributed by atoms with van der Waals surface area (Å²) in [6, 6.07) is 8.19. The smallest absolute Gasteiger partial charge is 0.191 e. The van der Waals surface area contributed by atoms with Crippen molar-refractivity contribution in [3.63, 3.8) is 0 Å². The van der Waals surface area contributed by atoms with E-state index in [9.17, 15) is 0 Å². The quantitative estimate of drug-likeness (QED) is 0.353. The van der Waals surface area contributed by atoms with E-state index >= 15 is 0 Å². The molecule has 0 spiro atoms. The molecule has 1 unspecified atom stereocenters. The highest BCUT2D eigenvalue weighted by atomic mass is 16.5. The summed E-state index contributed by atoms with van der Waals surface area (Å²) >= 11 is 0. The van der Waals surface area contributed by atoms with Gasteiger partial charge in [-0.05, 0) is 42.9 Å². The molecule has 0 bridgehead atoms. The van der Waals surface area contributed by atoms with E-state index in [-0.39, 0.29) is 0 Å². The minimum Gasteiger partial charge on any atom is -0.493 e. The predicted molar refractivity (Wildman–Crippen MR) is 109 cm³/mol. The lowest BCUT2D eigenvalue weighted by molar-refractivity contribution is 0.0168.